The molecule has 1 unspecified atom stereocenters. The molecule has 0 saturated carbocycles. The summed E-state index contributed by atoms with van der Waals surface area (Å²) in [6.45, 7) is 0. The monoisotopic (exact) mass is 277 g/mol. The maximum Gasteiger partial charge on any atom is 0.152 e. The van der Waals surface area contributed by atoms with Gasteiger partial charge in [-0.15, -0.1) is 0 Å². The highest BCUT2D eigenvalue weighted by Crippen LogP contribution is 2.26. The fourth-order valence-corrected chi connectivity index (χ4v) is 4.30. The average molecular weight is 277 g/mol. The zero-order valence-corrected chi connectivity index (χ0v) is 11.5. The van der Waals surface area contributed by atoms with Gasteiger partial charge < -0.3 is 4.90 Å². The van der Waals surface area contributed by atoms with E-state index in [0.717, 1.165) is 16.7 Å². The first-order valence-electron chi connectivity index (χ1n) is 6.20. The van der Waals surface area contributed by atoms with Crippen LogP contribution in [0.3, 0.4) is 0 Å². The first-order chi connectivity index (χ1) is 9.07. The molecule has 5 nitrogen and oxygen atoms in total. The van der Waals surface area contributed by atoms with Crippen LogP contribution in [0.25, 0.3) is 10.9 Å². The summed E-state index contributed by atoms with van der Waals surface area (Å²) in [5.74, 6) is 1.28. The summed E-state index contributed by atoms with van der Waals surface area (Å²) < 4.78 is 23.2. The fraction of sp³-hybridized carbons (Fsp3) is 0.385. The van der Waals surface area contributed by atoms with Gasteiger partial charge in [-0.3, -0.25) is 0 Å². The fourth-order valence-electron chi connectivity index (χ4n) is 2.53. The molecule has 0 N–H and O–H groups in total. The molecular formula is C13H15N3O2S. The van der Waals surface area contributed by atoms with Gasteiger partial charge in [-0.1, -0.05) is 12.1 Å². The minimum atomic E-state index is -2.89. The molecule has 1 aliphatic rings. The molecular weight excluding hydrogens is 262 g/mol. The van der Waals surface area contributed by atoms with E-state index >= 15 is 0 Å². The van der Waals surface area contributed by atoms with Gasteiger partial charge in [-0.05, 0) is 18.6 Å². The Morgan fingerprint density at radius 2 is 2.05 bits per heavy atom. The minimum absolute atomic E-state index is 0.00306. The molecule has 2 aromatic rings. The number of anilines is 1. The number of para-hydroxylation sites is 1. The van der Waals surface area contributed by atoms with Crippen LogP contribution in [0.1, 0.15) is 6.42 Å². The molecule has 1 aromatic carbocycles. The van der Waals surface area contributed by atoms with Crippen LogP contribution in [0, 0.1) is 0 Å². The van der Waals surface area contributed by atoms with Crippen molar-refractivity contribution < 1.29 is 8.42 Å². The van der Waals surface area contributed by atoms with Crippen LogP contribution >= 0.6 is 0 Å². The van der Waals surface area contributed by atoms with Crippen molar-refractivity contribution in [3.8, 4) is 0 Å². The van der Waals surface area contributed by atoms with Crippen LogP contribution < -0.4 is 4.90 Å². The Kier molecular flexibility index (Phi) is 2.89. The molecule has 3 rings (SSSR count). The topological polar surface area (TPSA) is 63.2 Å². The summed E-state index contributed by atoms with van der Waals surface area (Å²) >= 11 is 0. The summed E-state index contributed by atoms with van der Waals surface area (Å²) in [5.41, 5.74) is 0.875. The largest absolute Gasteiger partial charge is 0.355 e. The molecule has 1 aliphatic heterocycles. The minimum Gasteiger partial charge on any atom is -0.355 e. The van der Waals surface area contributed by atoms with E-state index in [0.29, 0.717) is 6.42 Å². The van der Waals surface area contributed by atoms with E-state index in [1.807, 2.05) is 36.2 Å². The SMILES string of the molecule is CN(c1ncnc2ccccc12)C1CCS(=O)(=O)C1. The van der Waals surface area contributed by atoms with Crippen LogP contribution in [0.5, 0.6) is 0 Å². The zero-order valence-electron chi connectivity index (χ0n) is 10.7. The van der Waals surface area contributed by atoms with E-state index < -0.39 is 9.84 Å². The summed E-state index contributed by atoms with van der Waals surface area (Å²) in [6, 6.07) is 7.76. The molecule has 6 heteroatoms. The molecule has 1 aromatic heterocycles. The molecule has 19 heavy (non-hydrogen) atoms. The molecule has 0 amide bonds. The Morgan fingerprint density at radius 3 is 2.79 bits per heavy atom. The summed E-state index contributed by atoms with van der Waals surface area (Å²) in [5, 5.41) is 0.955. The molecule has 1 saturated heterocycles. The van der Waals surface area contributed by atoms with Gasteiger partial charge in [0, 0.05) is 18.5 Å². The summed E-state index contributed by atoms with van der Waals surface area (Å²) in [7, 11) is -0.984. The predicted molar refractivity (Wildman–Crippen MR) is 75.0 cm³/mol. The van der Waals surface area contributed by atoms with E-state index in [-0.39, 0.29) is 17.5 Å². The lowest BCUT2D eigenvalue weighted by Crippen LogP contribution is -2.33. The Labute approximate surface area is 112 Å². The van der Waals surface area contributed by atoms with E-state index in [2.05, 4.69) is 9.97 Å². The van der Waals surface area contributed by atoms with Gasteiger partial charge >= 0.3 is 0 Å². The van der Waals surface area contributed by atoms with Gasteiger partial charge in [-0.2, -0.15) is 0 Å². The molecule has 0 aliphatic carbocycles. The van der Waals surface area contributed by atoms with Gasteiger partial charge in [0.2, 0.25) is 0 Å². The van der Waals surface area contributed by atoms with Crippen LogP contribution in [-0.4, -0.2) is 43.0 Å². The molecule has 100 valence electrons. The molecule has 0 radical (unpaired) electrons. The van der Waals surface area contributed by atoms with Gasteiger partial charge in [0.25, 0.3) is 0 Å². The van der Waals surface area contributed by atoms with E-state index in [9.17, 15) is 8.42 Å². The van der Waals surface area contributed by atoms with Gasteiger partial charge in [0.15, 0.2) is 9.84 Å². The van der Waals surface area contributed by atoms with Crippen molar-refractivity contribution in [1.29, 1.82) is 0 Å². The van der Waals surface area contributed by atoms with Crippen molar-refractivity contribution in [2.75, 3.05) is 23.5 Å². The standard InChI is InChI=1S/C13H15N3O2S/c1-16(10-6-7-19(17,18)8-10)13-11-4-2-3-5-12(11)14-9-15-13/h2-5,9-10H,6-8H2,1H3. The quantitative estimate of drug-likeness (QED) is 0.826. The lowest BCUT2D eigenvalue weighted by molar-refractivity contribution is 0.600. The van der Waals surface area contributed by atoms with E-state index in [1.165, 1.54) is 6.33 Å². The van der Waals surface area contributed by atoms with Crippen molar-refractivity contribution in [2.45, 2.75) is 12.5 Å². The van der Waals surface area contributed by atoms with Gasteiger partial charge in [-0.25, -0.2) is 18.4 Å². The number of rotatable bonds is 2. The van der Waals surface area contributed by atoms with Crippen molar-refractivity contribution in [3.05, 3.63) is 30.6 Å². The number of aromatic nitrogens is 2. The maximum atomic E-state index is 11.6. The molecule has 1 atom stereocenters. The number of sulfone groups is 1. The molecule has 0 spiro atoms. The third-order valence-corrected chi connectivity index (χ3v) is 5.36. The Bertz CT molecular complexity index is 709. The number of hydrogen-bond donors (Lipinski definition) is 0. The molecule has 2 heterocycles. The van der Waals surface area contributed by atoms with Crippen LogP contribution in [0.2, 0.25) is 0 Å². The van der Waals surface area contributed by atoms with Gasteiger partial charge in [0.05, 0.1) is 17.0 Å². The van der Waals surface area contributed by atoms with Crippen molar-refractivity contribution in [2.24, 2.45) is 0 Å². The normalized spacial score (nSPS) is 21.6. The Balaban J connectivity index is 2.00. The molecule has 1 fully saturated rings. The average Bonchev–Trinajstić information content (AvgIpc) is 2.78. The predicted octanol–water partition coefficient (Wildman–Crippen LogP) is 1.25. The number of benzene rings is 1. The third kappa shape index (κ3) is 2.28. The second kappa shape index (κ2) is 4.45. The highest BCUT2D eigenvalue weighted by molar-refractivity contribution is 7.91. The highest BCUT2D eigenvalue weighted by atomic mass is 32.2. The summed E-state index contributed by atoms with van der Waals surface area (Å²) in [6.07, 6.45) is 2.19. The van der Waals surface area contributed by atoms with E-state index in [1.54, 1.807) is 0 Å². The van der Waals surface area contributed by atoms with Crippen LogP contribution in [0.4, 0.5) is 5.82 Å². The first-order valence-corrected chi connectivity index (χ1v) is 8.02. The Hall–Kier alpha value is -1.69. The van der Waals surface area contributed by atoms with Crippen LogP contribution in [-0.2, 0) is 9.84 Å². The van der Waals surface area contributed by atoms with Gasteiger partial charge in [0.1, 0.15) is 12.1 Å². The first kappa shape index (κ1) is 12.3. The zero-order chi connectivity index (χ0) is 13.5. The third-order valence-electron chi connectivity index (χ3n) is 3.61. The maximum absolute atomic E-state index is 11.6. The van der Waals surface area contributed by atoms with Crippen LogP contribution in [0.15, 0.2) is 30.6 Å². The smallest absolute Gasteiger partial charge is 0.152 e. The number of hydrogen-bond acceptors (Lipinski definition) is 5. The molecule has 0 bridgehead atoms. The number of fused-ring (bicyclic) bond motifs is 1. The highest BCUT2D eigenvalue weighted by Gasteiger charge is 2.31. The number of nitrogens with zero attached hydrogens (tertiary/aromatic N) is 3. The summed E-state index contributed by atoms with van der Waals surface area (Å²) in [4.78, 5) is 10.5. The van der Waals surface area contributed by atoms with Crippen molar-refractivity contribution >= 4 is 26.6 Å². The van der Waals surface area contributed by atoms with Crippen molar-refractivity contribution in [3.63, 3.8) is 0 Å². The lowest BCUT2D eigenvalue weighted by Gasteiger charge is -2.25. The second-order valence-corrected chi connectivity index (χ2v) is 7.11. The second-order valence-electron chi connectivity index (χ2n) is 4.88. The Morgan fingerprint density at radius 1 is 1.26 bits per heavy atom. The van der Waals surface area contributed by atoms with Crippen molar-refractivity contribution in [1.82, 2.24) is 9.97 Å². The lowest BCUT2D eigenvalue weighted by atomic mass is 10.2. The van der Waals surface area contributed by atoms with E-state index in [4.69, 9.17) is 0 Å².